The summed E-state index contributed by atoms with van der Waals surface area (Å²) in [6, 6.07) is 5.55. The third-order valence-corrected chi connectivity index (χ3v) is 2.92. The van der Waals surface area contributed by atoms with Gasteiger partial charge in [-0.1, -0.05) is 0 Å². The van der Waals surface area contributed by atoms with Gasteiger partial charge in [0.2, 0.25) is 6.79 Å². The first-order valence-electron chi connectivity index (χ1n) is 7.37. The Morgan fingerprint density at radius 1 is 1.22 bits per heavy atom. The van der Waals surface area contributed by atoms with Gasteiger partial charge in [0.25, 0.3) is 0 Å². The molecule has 0 atom stereocenters. The van der Waals surface area contributed by atoms with Gasteiger partial charge in [0.05, 0.1) is 19.7 Å². The third kappa shape index (κ3) is 6.69. The van der Waals surface area contributed by atoms with E-state index in [1.807, 2.05) is 25.1 Å². The maximum absolute atomic E-state index is 5.68. The zero-order chi connectivity index (χ0) is 15.6. The van der Waals surface area contributed by atoms with E-state index in [2.05, 4.69) is 15.6 Å². The van der Waals surface area contributed by atoms with E-state index in [-0.39, 0.29) is 30.8 Å². The highest BCUT2D eigenvalue weighted by Gasteiger charge is 2.13. The smallest absolute Gasteiger partial charge is 0.231 e. The van der Waals surface area contributed by atoms with Crippen molar-refractivity contribution in [3.8, 4) is 17.2 Å². The summed E-state index contributed by atoms with van der Waals surface area (Å²) in [4.78, 5) is 4.37. The molecule has 0 unspecified atom stereocenters. The zero-order valence-electron chi connectivity index (χ0n) is 13.5. The minimum atomic E-state index is 0. The number of methoxy groups -OCH3 is 1. The molecule has 1 aliphatic heterocycles. The van der Waals surface area contributed by atoms with Crippen LogP contribution in [0.15, 0.2) is 23.2 Å². The van der Waals surface area contributed by atoms with Gasteiger partial charge in [0.15, 0.2) is 17.5 Å². The minimum absolute atomic E-state index is 0. The lowest BCUT2D eigenvalue weighted by molar-refractivity contribution is 0.173. The van der Waals surface area contributed by atoms with E-state index in [1.54, 1.807) is 7.11 Å². The molecule has 1 aromatic rings. The number of hydrogen-bond donors (Lipinski definition) is 2. The van der Waals surface area contributed by atoms with Crippen LogP contribution in [0.3, 0.4) is 0 Å². The van der Waals surface area contributed by atoms with E-state index < -0.39 is 0 Å². The van der Waals surface area contributed by atoms with E-state index in [0.29, 0.717) is 26.3 Å². The molecule has 0 spiro atoms. The molecule has 1 heterocycles. The monoisotopic (exact) mass is 437 g/mol. The molecule has 1 aromatic carbocycles. The van der Waals surface area contributed by atoms with Crippen LogP contribution in [-0.2, 0) is 4.74 Å². The van der Waals surface area contributed by atoms with Crippen LogP contribution in [-0.4, -0.2) is 52.7 Å². The Hall–Kier alpha value is -1.42. The summed E-state index contributed by atoms with van der Waals surface area (Å²) in [5.74, 6) is 2.99. The number of guanidine groups is 1. The number of fused-ring (bicyclic) bond motifs is 1. The van der Waals surface area contributed by atoms with Crippen molar-refractivity contribution in [1.82, 2.24) is 10.6 Å². The molecule has 0 radical (unpaired) electrons. The molecule has 2 rings (SSSR count). The first-order chi connectivity index (χ1) is 10.8. The van der Waals surface area contributed by atoms with Gasteiger partial charge in [-0.2, -0.15) is 0 Å². The van der Waals surface area contributed by atoms with Gasteiger partial charge in [0, 0.05) is 19.7 Å². The highest BCUT2D eigenvalue weighted by atomic mass is 127. The minimum Gasteiger partial charge on any atom is -0.492 e. The summed E-state index contributed by atoms with van der Waals surface area (Å²) in [7, 11) is 1.66. The quantitative estimate of drug-likeness (QED) is 0.279. The molecular weight excluding hydrogens is 413 g/mol. The molecule has 0 saturated heterocycles. The van der Waals surface area contributed by atoms with Crippen molar-refractivity contribution in [3.63, 3.8) is 0 Å². The number of aliphatic imine (C=N–C) groups is 1. The van der Waals surface area contributed by atoms with Gasteiger partial charge >= 0.3 is 0 Å². The molecule has 0 amide bonds. The molecule has 0 fully saturated rings. The third-order valence-electron chi connectivity index (χ3n) is 2.92. The number of ether oxygens (including phenoxy) is 4. The summed E-state index contributed by atoms with van der Waals surface area (Å²) in [5.41, 5.74) is 0. The van der Waals surface area contributed by atoms with E-state index in [9.17, 15) is 0 Å². The Morgan fingerprint density at radius 3 is 2.83 bits per heavy atom. The molecular formula is C15H24IN3O4. The lowest BCUT2D eigenvalue weighted by atomic mass is 10.3. The standard InChI is InChI=1S/C15H23N3O4.HI/c1-3-16-15(17-6-8-19-2)18-7-9-20-12-4-5-13-14(10-12)22-11-21-13;/h4-5,10H,3,6-9,11H2,1-2H3,(H2,16,17,18);1H. The first kappa shape index (κ1) is 19.6. The van der Waals surface area contributed by atoms with Crippen molar-refractivity contribution < 1.29 is 18.9 Å². The summed E-state index contributed by atoms with van der Waals surface area (Å²) >= 11 is 0. The Bertz CT molecular complexity index is 500. The average molecular weight is 437 g/mol. The highest BCUT2D eigenvalue weighted by Crippen LogP contribution is 2.34. The van der Waals surface area contributed by atoms with Crippen molar-refractivity contribution >= 4 is 29.9 Å². The number of nitrogens with one attached hydrogen (secondary N) is 2. The maximum atomic E-state index is 5.68. The highest BCUT2D eigenvalue weighted by molar-refractivity contribution is 14.0. The molecule has 130 valence electrons. The van der Waals surface area contributed by atoms with Gasteiger partial charge in [-0.05, 0) is 19.1 Å². The second-order valence-electron chi connectivity index (χ2n) is 4.54. The van der Waals surface area contributed by atoms with Crippen LogP contribution in [0, 0.1) is 0 Å². The van der Waals surface area contributed by atoms with E-state index in [1.165, 1.54) is 0 Å². The predicted octanol–water partition coefficient (Wildman–Crippen LogP) is 1.61. The van der Waals surface area contributed by atoms with Gasteiger partial charge in [-0.25, -0.2) is 0 Å². The van der Waals surface area contributed by atoms with Gasteiger partial charge in [0.1, 0.15) is 12.4 Å². The number of hydrogen-bond acceptors (Lipinski definition) is 5. The molecule has 0 aliphatic carbocycles. The molecule has 0 saturated carbocycles. The lowest BCUT2D eigenvalue weighted by Gasteiger charge is -2.12. The molecule has 8 heteroatoms. The van der Waals surface area contributed by atoms with Crippen LogP contribution < -0.4 is 24.8 Å². The molecule has 0 aromatic heterocycles. The Balaban J connectivity index is 0.00000264. The largest absolute Gasteiger partial charge is 0.492 e. The van der Waals surface area contributed by atoms with Crippen LogP contribution in [0.1, 0.15) is 6.92 Å². The Morgan fingerprint density at radius 2 is 2.04 bits per heavy atom. The second kappa shape index (κ2) is 11.2. The molecule has 1 aliphatic rings. The van der Waals surface area contributed by atoms with Crippen LogP contribution in [0.2, 0.25) is 0 Å². The van der Waals surface area contributed by atoms with Crippen LogP contribution in [0.4, 0.5) is 0 Å². The zero-order valence-corrected chi connectivity index (χ0v) is 15.8. The number of rotatable bonds is 8. The summed E-state index contributed by atoms with van der Waals surface area (Å²) in [6.45, 7) is 5.49. The SMILES string of the molecule is CCNC(=NCCOC)NCCOc1ccc2c(c1)OCO2.I. The topological polar surface area (TPSA) is 73.3 Å². The molecule has 0 bridgehead atoms. The fourth-order valence-electron chi connectivity index (χ4n) is 1.90. The Labute approximate surface area is 153 Å². The summed E-state index contributed by atoms with van der Waals surface area (Å²) < 4.78 is 21.2. The van der Waals surface area contributed by atoms with E-state index in [0.717, 1.165) is 29.8 Å². The van der Waals surface area contributed by atoms with E-state index in [4.69, 9.17) is 18.9 Å². The van der Waals surface area contributed by atoms with Crippen LogP contribution >= 0.6 is 24.0 Å². The van der Waals surface area contributed by atoms with Crippen LogP contribution in [0.5, 0.6) is 17.2 Å². The van der Waals surface area contributed by atoms with Crippen molar-refractivity contribution in [3.05, 3.63) is 18.2 Å². The number of benzene rings is 1. The van der Waals surface area contributed by atoms with Crippen molar-refractivity contribution in [2.75, 3.05) is 46.8 Å². The lowest BCUT2D eigenvalue weighted by Crippen LogP contribution is -2.39. The average Bonchev–Trinajstić information content (AvgIpc) is 2.99. The van der Waals surface area contributed by atoms with E-state index >= 15 is 0 Å². The molecule has 2 N–H and O–H groups in total. The maximum Gasteiger partial charge on any atom is 0.231 e. The van der Waals surface area contributed by atoms with Crippen molar-refractivity contribution in [2.24, 2.45) is 4.99 Å². The molecule has 23 heavy (non-hydrogen) atoms. The summed E-state index contributed by atoms with van der Waals surface area (Å²) in [5, 5.41) is 6.37. The second-order valence-corrected chi connectivity index (χ2v) is 4.54. The molecule has 7 nitrogen and oxygen atoms in total. The predicted molar refractivity (Wildman–Crippen MR) is 99.3 cm³/mol. The fraction of sp³-hybridized carbons (Fsp3) is 0.533. The van der Waals surface area contributed by atoms with Crippen molar-refractivity contribution in [1.29, 1.82) is 0 Å². The van der Waals surface area contributed by atoms with Crippen LogP contribution in [0.25, 0.3) is 0 Å². The van der Waals surface area contributed by atoms with Crippen molar-refractivity contribution in [2.45, 2.75) is 6.92 Å². The van der Waals surface area contributed by atoms with Gasteiger partial charge in [-0.15, -0.1) is 24.0 Å². The number of nitrogens with zero attached hydrogens (tertiary/aromatic N) is 1. The van der Waals surface area contributed by atoms with Gasteiger partial charge < -0.3 is 29.6 Å². The van der Waals surface area contributed by atoms with Gasteiger partial charge in [-0.3, -0.25) is 4.99 Å². The first-order valence-corrected chi connectivity index (χ1v) is 7.37. The number of halogens is 1. The normalized spacial score (nSPS) is 12.5. The summed E-state index contributed by atoms with van der Waals surface area (Å²) in [6.07, 6.45) is 0. The Kier molecular flexibility index (Phi) is 9.53. The fourth-order valence-corrected chi connectivity index (χ4v) is 1.90.